The van der Waals surface area contributed by atoms with Crippen LogP contribution >= 0.6 is 11.6 Å². The number of rotatable bonds is 7. The average Bonchev–Trinajstić information content (AvgIpc) is 3.33. The van der Waals surface area contributed by atoms with E-state index in [1.807, 2.05) is 43.3 Å². The molecule has 1 aromatic rings. The number of carbonyl (C=O) groups is 2. The van der Waals surface area contributed by atoms with Crippen molar-refractivity contribution in [1.29, 1.82) is 0 Å². The van der Waals surface area contributed by atoms with Crippen molar-refractivity contribution in [3.8, 4) is 0 Å². The van der Waals surface area contributed by atoms with Gasteiger partial charge < -0.3 is 10.6 Å². The maximum Gasteiger partial charge on any atom is 0.289 e. The minimum absolute atomic E-state index is 0.147. The number of benzene rings is 1. The van der Waals surface area contributed by atoms with Gasteiger partial charge in [-0.1, -0.05) is 42.5 Å². The number of carbonyl (C=O) groups excluding carboxylic acids is 2. The van der Waals surface area contributed by atoms with E-state index in [0.29, 0.717) is 24.9 Å². The average molecular weight is 373 g/mol. The van der Waals surface area contributed by atoms with E-state index in [9.17, 15) is 9.59 Å². The van der Waals surface area contributed by atoms with E-state index in [-0.39, 0.29) is 5.38 Å². The van der Waals surface area contributed by atoms with Crippen LogP contribution in [0.15, 0.2) is 48.1 Å². The molecule has 1 saturated carbocycles. The van der Waals surface area contributed by atoms with E-state index in [0.717, 1.165) is 23.1 Å². The minimum atomic E-state index is -0.549. The fourth-order valence-corrected chi connectivity index (χ4v) is 3.96. The lowest BCUT2D eigenvalue weighted by atomic mass is 10.1. The van der Waals surface area contributed by atoms with E-state index in [1.165, 1.54) is 0 Å². The third-order valence-electron chi connectivity index (χ3n) is 5.29. The van der Waals surface area contributed by atoms with Crippen molar-refractivity contribution in [2.75, 3.05) is 6.54 Å². The van der Waals surface area contributed by atoms with E-state index in [2.05, 4.69) is 16.7 Å². The molecule has 26 heavy (non-hydrogen) atoms. The number of allylic oxidation sites excluding steroid dienone is 3. The molecule has 3 rings (SSSR count). The molecule has 4 atom stereocenters. The van der Waals surface area contributed by atoms with Gasteiger partial charge in [0, 0.05) is 24.4 Å². The molecule has 0 bridgehead atoms. The molecule has 138 valence electrons. The van der Waals surface area contributed by atoms with Gasteiger partial charge in [0.25, 0.3) is 5.91 Å². The summed E-state index contributed by atoms with van der Waals surface area (Å²) in [5, 5.41) is 6.04. The van der Waals surface area contributed by atoms with E-state index in [1.54, 1.807) is 6.92 Å². The first kappa shape index (κ1) is 18.9. The second-order valence-electron chi connectivity index (χ2n) is 7.12. The fraction of sp³-hybridized carbons (Fsp3) is 0.429. The lowest BCUT2D eigenvalue weighted by molar-refractivity contribution is -0.138. The van der Waals surface area contributed by atoms with Crippen molar-refractivity contribution in [2.24, 2.45) is 11.8 Å². The molecule has 0 radical (unpaired) electrons. The fourth-order valence-electron chi connectivity index (χ4n) is 3.43. The largest absolute Gasteiger partial charge is 0.346 e. The number of ketones is 1. The van der Waals surface area contributed by atoms with Crippen LogP contribution in [0.5, 0.6) is 0 Å². The van der Waals surface area contributed by atoms with E-state index < -0.39 is 17.7 Å². The van der Waals surface area contributed by atoms with Gasteiger partial charge in [-0.25, -0.2) is 0 Å². The van der Waals surface area contributed by atoms with Crippen LogP contribution in [0.25, 0.3) is 0 Å². The number of hydrogen-bond donors (Lipinski definition) is 2. The zero-order chi connectivity index (χ0) is 18.7. The molecule has 4 unspecified atom stereocenters. The quantitative estimate of drug-likeness (QED) is 0.571. The first-order chi connectivity index (χ1) is 12.5. The zero-order valence-electron chi connectivity index (χ0n) is 15.2. The van der Waals surface area contributed by atoms with Gasteiger partial charge >= 0.3 is 0 Å². The molecule has 2 aliphatic rings. The molecule has 2 N–H and O–H groups in total. The Labute approximate surface area is 159 Å². The molecule has 4 nitrogen and oxygen atoms in total. The van der Waals surface area contributed by atoms with Gasteiger partial charge in [0.15, 0.2) is 0 Å². The number of nitrogens with one attached hydrogen (secondary N) is 2. The van der Waals surface area contributed by atoms with Gasteiger partial charge in [0.2, 0.25) is 5.78 Å². The lowest BCUT2D eigenvalue weighted by Crippen LogP contribution is -2.44. The first-order valence-electron chi connectivity index (χ1n) is 9.08. The molecule has 0 spiro atoms. The normalized spacial score (nSPS) is 24.9. The van der Waals surface area contributed by atoms with Crippen LogP contribution in [-0.4, -0.2) is 29.7 Å². The Balaban J connectivity index is 1.48. The van der Waals surface area contributed by atoms with Crippen molar-refractivity contribution in [3.05, 3.63) is 59.2 Å². The molecule has 0 aliphatic heterocycles. The monoisotopic (exact) mass is 372 g/mol. The first-order valence-corrected chi connectivity index (χ1v) is 9.52. The lowest BCUT2D eigenvalue weighted by Gasteiger charge is -2.14. The van der Waals surface area contributed by atoms with Crippen LogP contribution in [0, 0.1) is 18.8 Å². The predicted octanol–water partition coefficient (Wildman–Crippen LogP) is 2.90. The molecule has 1 fully saturated rings. The number of Topliss-reactive ketones (excluding diaryl/α,β-unsaturated/α-hetero) is 1. The summed E-state index contributed by atoms with van der Waals surface area (Å²) in [6.45, 7) is 4.68. The zero-order valence-corrected chi connectivity index (χ0v) is 15.9. The number of amides is 1. The summed E-state index contributed by atoms with van der Waals surface area (Å²) in [4.78, 5) is 24.5. The van der Waals surface area contributed by atoms with Gasteiger partial charge in [0.1, 0.15) is 0 Å². The van der Waals surface area contributed by atoms with Crippen molar-refractivity contribution in [2.45, 2.75) is 38.2 Å². The summed E-state index contributed by atoms with van der Waals surface area (Å²) in [7, 11) is 0. The number of aryl methyl sites for hydroxylation is 1. The number of halogens is 1. The molecule has 0 aromatic heterocycles. The summed E-state index contributed by atoms with van der Waals surface area (Å²) < 4.78 is 0. The molecular formula is C21H25ClN2O2. The molecule has 2 aliphatic carbocycles. The van der Waals surface area contributed by atoms with Crippen LogP contribution in [0.2, 0.25) is 0 Å². The SMILES string of the molecule is Cc1ccccc1CNC(C)C(=O)C(=O)NCC1=CC=CCC2C(Cl)C12. The van der Waals surface area contributed by atoms with Crippen LogP contribution in [0.1, 0.15) is 24.5 Å². The van der Waals surface area contributed by atoms with Crippen molar-refractivity contribution < 1.29 is 9.59 Å². The summed E-state index contributed by atoms with van der Waals surface area (Å²) in [5.74, 6) is -0.215. The maximum absolute atomic E-state index is 12.3. The second-order valence-corrected chi connectivity index (χ2v) is 7.62. The van der Waals surface area contributed by atoms with Crippen molar-refractivity contribution in [1.82, 2.24) is 10.6 Å². The van der Waals surface area contributed by atoms with E-state index >= 15 is 0 Å². The molecular weight excluding hydrogens is 348 g/mol. The number of hydrogen-bond acceptors (Lipinski definition) is 3. The number of alkyl halides is 1. The Morgan fingerprint density at radius 1 is 1.27 bits per heavy atom. The predicted molar refractivity (Wildman–Crippen MR) is 104 cm³/mol. The third kappa shape index (κ3) is 4.25. The van der Waals surface area contributed by atoms with Crippen LogP contribution in [-0.2, 0) is 16.1 Å². The van der Waals surface area contributed by atoms with Crippen LogP contribution < -0.4 is 10.6 Å². The smallest absolute Gasteiger partial charge is 0.289 e. The van der Waals surface area contributed by atoms with Gasteiger partial charge in [0.05, 0.1) is 6.04 Å². The standard InChI is InChI=1S/C21H25ClN2O2/c1-13-7-3-4-8-15(13)11-23-14(2)20(25)21(26)24-12-16-9-5-6-10-17-18(16)19(17)22/h3-9,14,17-19,23H,10-12H2,1-2H3,(H,24,26). The summed E-state index contributed by atoms with van der Waals surface area (Å²) in [5.41, 5.74) is 3.38. The molecule has 0 heterocycles. The molecule has 1 aromatic carbocycles. The Kier molecular flexibility index (Phi) is 5.94. The maximum atomic E-state index is 12.3. The van der Waals surface area contributed by atoms with Gasteiger partial charge in [-0.15, -0.1) is 11.6 Å². The second kappa shape index (κ2) is 8.19. The van der Waals surface area contributed by atoms with Crippen molar-refractivity contribution in [3.63, 3.8) is 0 Å². The van der Waals surface area contributed by atoms with Gasteiger partial charge in [-0.2, -0.15) is 0 Å². The highest BCUT2D eigenvalue weighted by Crippen LogP contribution is 2.51. The van der Waals surface area contributed by atoms with Crippen molar-refractivity contribution >= 4 is 23.3 Å². The topological polar surface area (TPSA) is 58.2 Å². The Morgan fingerprint density at radius 2 is 2.04 bits per heavy atom. The minimum Gasteiger partial charge on any atom is -0.346 e. The molecule has 5 heteroatoms. The van der Waals surface area contributed by atoms with Crippen LogP contribution in [0.4, 0.5) is 0 Å². The molecule has 1 amide bonds. The number of fused-ring (bicyclic) bond motifs is 1. The highest BCUT2D eigenvalue weighted by molar-refractivity contribution is 6.38. The summed E-state index contributed by atoms with van der Waals surface area (Å²) >= 11 is 6.30. The van der Waals surface area contributed by atoms with Crippen LogP contribution in [0.3, 0.4) is 0 Å². The van der Waals surface area contributed by atoms with Gasteiger partial charge in [-0.05, 0) is 42.9 Å². The Bertz CT molecular complexity index is 756. The highest BCUT2D eigenvalue weighted by Gasteiger charge is 2.50. The Hall–Kier alpha value is -1.91. The molecule has 0 saturated heterocycles. The highest BCUT2D eigenvalue weighted by atomic mass is 35.5. The third-order valence-corrected chi connectivity index (χ3v) is 5.88. The van der Waals surface area contributed by atoms with Gasteiger partial charge in [-0.3, -0.25) is 9.59 Å². The Morgan fingerprint density at radius 3 is 2.81 bits per heavy atom. The summed E-state index contributed by atoms with van der Waals surface area (Å²) in [6.07, 6.45) is 7.10. The van der Waals surface area contributed by atoms with E-state index in [4.69, 9.17) is 11.6 Å². The summed E-state index contributed by atoms with van der Waals surface area (Å²) in [6, 6.07) is 7.45.